The molecule has 0 aliphatic carbocycles. The normalized spacial score (nSPS) is 19.8. The molecule has 1 aliphatic rings. The Kier molecular flexibility index (Phi) is 6.87. The molecule has 0 saturated carbocycles. The quantitative estimate of drug-likeness (QED) is 0.311. The van der Waals surface area contributed by atoms with Gasteiger partial charge in [0, 0.05) is 6.61 Å². The molecule has 1 heterocycles. The second-order valence-electron chi connectivity index (χ2n) is 3.28. The van der Waals surface area contributed by atoms with Gasteiger partial charge in [-0.25, -0.2) is 0 Å². The first kappa shape index (κ1) is 12.9. The smallest absolute Gasteiger partial charge is 0.104 e. The first-order valence-corrected chi connectivity index (χ1v) is 5.59. The summed E-state index contributed by atoms with van der Waals surface area (Å²) in [6, 6.07) is 0. The average Bonchev–Trinajstić information content (AvgIpc) is 3.02. The van der Waals surface area contributed by atoms with Crippen LogP contribution in [0, 0.1) is 0 Å². The van der Waals surface area contributed by atoms with Gasteiger partial charge in [-0.3, -0.25) is 9.68 Å². The third kappa shape index (κ3) is 6.81. The fourth-order valence-corrected chi connectivity index (χ4v) is 1.13. The molecule has 90 valence electrons. The molecule has 5 nitrogen and oxygen atoms in total. The standard InChI is InChI=1S/C10H21NO4/c1-3-14-11(15-4-2)6-5-7-12-8-10-9-13-10/h10H,3-9H2,1-2H3. The van der Waals surface area contributed by atoms with E-state index in [1.165, 1.54) is 5.23 Å². The van der Waals surface area contributed by atoms with Gasteiger partial charge in [0.15, 0.2) is 0 Å². The molecular weight excluding hydrogens is 198 g/mol. The van der Waals surface area contributed by atoms with E-state index in [2.05, 4.69) is 0 Å². The largest absolute Gasteiger partial charge is 0.379 e. The molecule has 1 aliphatic heterocycles. The Bertz CT molecular complexity index is 146. The van der Waals surface area contributed by atoms with E-state index in [9.17, 15) is 0 Å². The fourth-order valence-electron chi connectivity index (χ4n) is 1.13. The van der Waals surface area contributed by atoms with Crippen LogP contribution in [-0.2, 0) is 19.1 Å². The van der Waals surface area contributed by atoms with Gasteiger partial charge in [0.1, 0.15) is 6.10 Å². The lowest BCUT2D eigenvalue weighted by molar-refractivity contribution is -0.365. The molecule has 5 heteroatoms. The zero-order valence-electron chi connectivity index (χ0n) is 9.61. The van der Waals surface area contributed by atoms with E-state index in [1.807, 2.05) is 13.8 Å². The highest BCUT2D eigenvalue weighted by atomic mass is 16.9. The van der Waals surface area contributed by atoms with Crippen LogP contribution in [0.25, 0.3) is 0 Å². The van der Waals surface area contributed by atoms with Crippen molar-refractivity contribution in [3.05, 3.63) is 0 Å². The van der Waals surface area contributed by atoms with Gasteiger partial charge in [-0.15, -0.1) is 0 Å². The van der Waals surface area contributed by atoms with Gasteiger partial charge < -0.3 is 9.47 Å². The van der Waals surface area contributed by atoms with Crippen molar-refractivity contribution in [2.75, 3.05) is 39.6 Å². The van der Waals surface area contributed by atoms with Crippen molar-refractivity contribution in [1.29, 1.82) is 0 Å². The molecular formula is C10H21NO4. The van der Waals surface area contributed by atoms with Crippen LogP contribution < -0.4 is 0 Å². The molecule has 1 saturated heterocycles. The maximum absolute atomic E-state index is 5.40. The van der Waals surface area contributed by atoms with Gasteiger partial charge in [-0.05, 0) is 20.3 Å². The Morgan fingerprint density at radius 2 is 1.93 bits per heavy atom. The first-order chi connectivity index (χ1) is 7.36. The lowest BCUT2D eigenvalue weighted by Gasteiger charge is -2.19. The van der Waals surface area contributed by atoms with Crippen LogP contribution in [0.3, 0.4) is 0 Å². The number of rotatable bonds is 10. The number of epoxide rings is 1. The van der Waals surface area contributed by atoms with Gasteiger partial charge >= 0.3 is 0 Å². The van der Waals surface area contributed by atoms with Crippen LogP contribution in [0.5, 0.6) is 0 Å². The lowest BCUT2D eigenvalue weighted by atomic mass is 10.4. The molecule has 15 heavy (non-hydrogen) atoms. The minimum Gasteiger partial charge on any atom is -0.379 e. The molecule has 1 atom stereocenters. The molecule has 0 aromatic carbocycles. The molecule has 0 aromatic heterocycles. The highest BCUT2D eigenvalue weighted by Crippen LogP contribution is 2.08. The zero-order valence-corrected chi connectivity index (χ0v) is 9.61. The van der Waals surface area contributed by atoms with Crippen molar-refractivity contribution in [1.82, 2.24) is 5.23 Å². The molecule has 0 bridgehead atoms. The van der Waals surface area contributed by atoms with Crippen molar-refractivity contribution in [3.8, 4) is 0 Å². The Morgan fingerprint density at radius 1 is 1.27 bits per heavy atom. The Labute approximate surface area is 91.1 Å². The third-order valence-corrected chi connectivity index (χ3v) is 1.88. The van der Waals surface area contributed by atoms with Crippen LogP contribution in [0.1, 0.15) is 20.3 Å². The maximum Gasteiger partial charge on any atom is 0.104 e. The number of hydrogen-bond acceptors (Lipinski definition) is 5. The highest BCUT2D eigenvalue weighted by molar-refractivity contribution is 4.66. The molecule has 1 unspecified atom stereocenters. The van der Waals surface area contributed by atoms with Gasteiger partial charge in [-0.2, -0.15) is 0 Å². The summed E-state index contributed by atoms with van der Waals surface area (Å²) in [4.78, 5) is 10.5. The number of nitrogens with zero attached hydrogens (tertiary/aromatic N) is 1. The van der Waals surface area contributed by atoms with Gasteiger partial charge in [0.2, 0.25) is 0 Å². The maximum atomic E-state index is 5.40. The van der Waals surface area contributed by atoms with Gasteiger partial charge in [0.25, 0.3) is 0 Å². The van der Waals surface area contributed by atoms with Crippen molar-refractivity contribution in [3.63, 3.8) is 0 Å². The van der Waals surface area contributed by atoms with E-state index in [1.54, 1.807) is 0 Å². The number of hydroxylamine groups is 2. The summed E-state index contributed by atoms with van der Waals surface area (Å²) in [5.41, 5.74) is 0. The molecule has 1 rings (SSSR count). The van der Waals surface area contributed by atoms with E-state index in [4.69, 9.17) is 19.1 Å². The summed E-state index contributed by atoms with van der Waals surface area (Å²) >= 11 is 0. The summed E-state index contributed by atoms with van der Waals surface area (Å²) in [7, 11) is 0. The van der Waals surface area contributed by atoms with Crippen LogP contribution >= 0.6 is 0 Å². The second kappa shape index (κ2) is 8.01. The van der Waals surface area contributed by atoms with Crippen molar-refractivity contribution < 1.29 is 19.1 Å². The minimum atomic E-state index is 0.347. The predicted molar refractivity (Wildman–Crippen MR) is 55.1 cm³/mol. The summed E-state index contributed by atoms with van der Waals surface area (Å²) in [6.45, 7) is 8.13. The Hall–Kier alpha value is -0.200. The number of hydrogen-bond donors (Lipinski definition) is 0. The van der Waals surface area contributed by atoms with Crippen LogP contribution in [0.4, 0.5) is 0 Å². The summed E-state index contributed by atoms with van der Waals surface area (Å²) in [6.07, 6.45) is 1.24. The molecule has 0 spiro atoms. The van der Waals surface area contributed by atoms with Crippen molar-refractivity contribution in [2.24, 2.45) is 0 Å². The van der Waals surface area contributed by atoms with Gasteiger partial charge in [0.05, 0.1) is 33.0 Å². The van der Waals surface area contributed by atoms with Gasteiger partial charge in [-0.1, -0.05) is 5.23 Å². The monoisotopic (exact) mass is 219 g/mol. The SMILES string of the molecule is CCON(CCCOCC1CO1)OCC. The average molecular weight is 219 g/mol. The Balaban J connectivity index is 1.89. The first-order valence-electron chi connectivity index (χ1n) is 5.59. The fraction of sp³-hybridized carbons (Fsp3) is 1.00. The zero-order chi connectivity index (χ0) is 10.9. The minimum absolute atomic E-state index is 0.347. The lowest BCUT2D eigenvalue weighted by Crippen LogP contribution is -2.26. The van der Waals surface area contributed by atoms with Crippen LogP contribution in [-0.4, -0.2) is 50.9 Å². The second-order valence-corrected chi connectivity index (χ2v) is 3.28. The Morgan fingerprint density at radius 3 is 2.47 bits per heavy atom. The predicted octanol–water partition coefficient (Wildman–Crippen LogP) is 0.997. The summed E-state index contributed by atoms with van der Waals surface area (Å²) in [5, 5.41) is 1.52. The van der Waals surface area contributed by atoms with Crippen molar-refractivity contribution in [2.45, 2.75) is 26.4 Å². The summed E-state index contributed by atoms with van der Waals surface area (Å²) in [5.74, 6) is 0. The third-order valence-electron chi connectivity index (χ3n) is 1.88. The number of ether oxygens (including phenoxy) is 2. The molecule has 0 amide bonds. The van der Waals surface area contributed by atoms with E-state index < -0.39 is 0 Å². The topological polar surface area (TPSA) is 43.5 Å². The molecule has 0 radical (unpaired) electrons. The van der Waals surface area contributed by atoms with E-state index in [0.29, 0.717) is 25.9 Å². The molecule has 0 N–H and O–H groups in total. The summed E-state index contributed by atoms with van der Waals surface area (Å²) < 4.78 is 10.4. The molecule has 1 fully saturated rings. The van der Waals surface area contributed by atoms with E-state index in [-0.39, 0.29) is 0 Å². The van der Waals surface area contributed by atoms with Crippen LogP contribution in [0.2, 0.25) is 0 Å². The highest BCUT2D eigenvalue weighted by Gasteiger charge is 2.21. The van der Waals surface area contributed by atoms with Crippen LogP contribution in [0.15, 0.2) is 0 Å². The van der Waals surface area contributed by atoms with E-state index in [0.717, 1.165) is 26.2 Å². The molecule has 0 aromatic rings. The van der Waals surface area contributed by atoms with E-state index >= 15 is 0 Å². The van der Waals surface area contributed by atoms with Crippen molar-refractivity contribution >= 4 is 0 Å².